The first-order valence-electron chi connectivity index (χ1n) is 4.43. The van der Waals surface area contributed by atoms with Gasteiger partial charge in [-0.15, -0.1) is 11.3 Å². The van der Waals surface area contributed by atoms with Crippen molar-refractivity contribution in [1.29, 1.82) is 0 Å². The molecule has 2 aromatic heterocycles. The molecule has 6 nitrogen and oxygen atoms in total. The van der Waals surface area contributed by atoms with Gasteiger partial charge in [0.1, 0.15) is 5.69 Å². The molecule has 82 valence electrons. The van der Waals surface area contributed by atoms with E-state index in [-0.39, 0.29) is 11.6 Å². The molecule has 0 fully saturated rings. The zero-order valence-corrected chi connectivity index (χ0v) is 8.99. The summed E-state index contributed by atoms with van der Waals surface area (Å²) in [5.41, 5.74) is 3.36. The first kappa shape index (κ1) is 10.5. The Morgan fingerprint density at radius 2 is 2.25 bits per heavy atom. The van der Waals surface area contributed by atoms with Gasteiger partial charge in [0, 0.05) is 17.8 Å². The molecule has 0 spiro atoms. The lowest BCUT2D eigenvalue weighted by Crippen LogP contribution is -2.14. The Hall–Kier alpha value is -1.99. The number of hydrogen-bond acceptors (Lipinski definition) is 6. The molecule has 0 bridgehead atoms. The Morgan fingerprint density at radius 1 is 1.38 bits per heavy atom. The van der Waals surface area contributed by atoms with E-state index in [2.05, 4.69) is 20.7 Å². The van der Waals surface area contributed by atoms with E-state index in [9.17, 15) is 4.79 Å². The summed E-state index contributed by atoms with van der Waals surface area (Å²) in [6, 6.07) is 3.23. The first-order valence-corrected chi connectivity index (χ1v) is 5.31. The van der Waals surface area contributed by atoms with E-state index in [0.29, 0.717) is 10.8 Å². The van der Waals surface area contributed by atoms with Gasteiger partial charge in [-0.1, -0.05) is 0 Å². The van der Waals surface area contributed by atoms with Gasteiger partial charge in [-0.25, -0.2) is 4.98 Å². The third-order valence-corrected chi connectivity index (χ3v) is 2.50. The molecule has 0 atom stereocenters. The minimum Gasteiger partial charge on any atom is -0.324 e. The van der Waals surface area contributed by atoms with E-state index < -0.39 is 0 Å². The minimum atomic E-state index is -0.313. The number of hydrazine groups is 1. The molecule has 0 aliphatic rings. The molecule has 0 saturated carbocycles. The molecule has 4 N–H and O–H groups in total. The van der Waals surface area contributed by atoms with Crippen LogP contribution in [0.4, 0.5) is 10.8 Å². The number of hydrogen-bond donors (Lipinski definition) is 3. The number of carbonyl (C=O) groups is 1. The maximum atomic E-state index is 11.7. The number of thiazole rings is 1. The quantitative estimate of drug-likeness (QED) is 0.546. The summed E-state index contributed by atoms with van der Waals surface area (Å²) in [6.45, 7) is 0. The number of nitrogens with zero attached hydrogens (tertiary/aromatic N) is 2. The zero-order chi connectivity index (χ0) is 11.4. The van der Waals surface area contributed by atoms with Crippen molar-refractivity contribution < 1.29 is 4.79 Å². The molecule has 0 radical (unpaired) electrons. The van der Waals surface area contributed by atoms with Gasteiger partial charge in [-0.05, 0) is 12.1 Å². The fraction of sp³-hybridized carbons (Fsp3) is 0. The predicted molar refractivity (Wildman–Crippen MR) is 62.1 cm³/mol. The summed E-state index contributed by atoms with van der Waals surface area (Å²) in [4.78, 5) is 19.6. The Bertz CT molecular complexity index is 484. The smallest absolute Gasteiger partial charge is 0.276 e. The number of anilines is 2. The largest absolute Gasteiger partial charge is 0.324 e. The number of aromatic nitrogens is 2. The predicted octanol–water partition coefficient (Wildman–Crippen LogP) is 1.08. The normalized spacial score (nSPS) is 9.81. The van der Waals surface area contributed by atoms with Gasteiger partial charge in [-0.2, -0.15) is 0 Å². The van der Waals surface area contributed by atoms with Crippen LogP contribution in [0.2, 0.25) is 0 Å². The highest BCUT2D eigenvalue weighted by atomic mass is 32.1. The number of amides is 1. The van der Waals surface area contributed by atoms with Gasteiger partial charge in [-0.3, -0.25) is 20.9 Å². The molecule has 2 aromatic rings. The van der Waals surface area contributed by atoms with Crippen molar-refractivity contribution in [2.45, 2.75) is 0 Å². The average Bonchev–Trinajstić information content (AvgIpc) is 2.82. The fourth-order valence-electron chi connectivity index (χ4n) is 1.09. The minimum absolute atomic E-state index is 0.283. The number of nitrogens with two attached hydrogens (primary N) is 1. The number of nitrogens with one attached hydrogen (secondary N) is 2. The van der Waals surface area contributed by atoms with E-state index >= 15 is 0 Å². The monoisotopic (exact) mass is 235 g/mol. The summed E-state index contributed by atoms with van der Waals surface area (Å²) in [6.07, 6.45) is 3.12. The summed E-state index contributed by atoms with van der Waals surface area (Å²) >= 11 is 1.34. The highest BCUT2D eigenvalue weighted by Gasteiger charge is 2.09. The topological polar surface area (TPSA) is 92.9 Å². The molecule has 0 saturated heterocycles. The van der Waals surface area contributed by atoms with E-state index in [4.69, 9.17) is 5.84 Å². The lowest BCUT2D eigenvalue weighted by molar-refractivity contribution is 0.102. The lowest BCUT2D eigenvalue weighted by atomic mass is 10.3. The third kappa shape index (κ3) is 2.33. The van der Waals surface area contributed by atoms with E-state index in [1.165, 1.54) is 17.5 Å². The first-order chi connectivity index (χ1) is 7.79. The number of carbonyl (C=O) groups excluding carboxylic acids is 1. The second kappa shape index (κ2) is 4.69. The molecule has 7 heteroatoms. The van der Waals surface area contributed by atoms with Crippen LogP contribution < -0.4 is 16.6 Å². The maximum Gasteiger partial charge on any atom is 0.276 e. The molecule has 1 amide bonds. The highest BCUT2D eigenvalue weighted by molar-refractivity contribution is 7.13. The molecule has 16 heavy (non-hydrogen) atoms. The number of rotatable bonds is 3. The zero-order valence-electron chi connectivity index (χ0n) is 8.18. The average molecular weight is 235 g/mol. The summed E-state index contributed by atoms with van der Waals surface area (Å²) in [5, 5.41) is 4.95. The van der Waals surface area contributed by atoms with Crippen LogP contribution in [0.1, 0.15) is 10.5 Å². The summed E-state index contributed by atoms with van der Waals surface area (Å²) in [7, 11) is 0. The fourth-order valence-corrected chi connectivity index (χ4v) is 1.61. The van der Waals surface area contributed by atoms with Crippen LogP contribution in [-0.4, -0.2) is 15.9 Å². The van der Waals surface area contributed by atoms with Crippen molar-refractivity contribution in [3.63, 3.8) is 0 Å². The van der Waals surface area contributed by atoms with Gasteiger partial charge < -0.3 is 5.43 Å². The van der Waals surface area contributed by atoms with Gasteiger partial charge in [0.25, 0.3) is 5.91 Å². The van der Waals surface area contributed by atoms with Crippen molar-refractivity contribution in [2.75, 3.05) is 10.7 Å². The van der Waals surface area contributed by atoms with Crippen LogP contribution in [0.15, 0.2) is 29.9 Å². The second-order valence-corrected chi connectivity index (χ2v) is 3.76. The van der Waals surface area contributed by atoms with E-state index in [1.54, 1.807) is 23.7 Å². The van der Waals surface area contributed by atoms with Gasteiger partial charge >= 0.3 is 0 Å². The van der Waals surface area contributed by atoms with Crippen molar-refractivity contribution in [1.82, 2.24) is 9.97 Å². The van der Waals surface area contributed by atoms with Gasteiger partial charge in [0.05, 0.1) is 5.69 Å². The molecule has 0 aliphatic carbocycles. The molecule has 0 unspecified atom stereocenters. The molecule has 0 aromatic carbocycles. The summed E-state index contributed by atoms with van der Waals surface area (Å²) < 4.78 is 0. The Balaban J connectivity index is 2.14. The van der Waals surface area contributed by atoms with Crippen LogP contribution in [0.5, 0.6) is 0 Å². The molecule has 2 heterocycles. The number of nitrogen functional groups attached to an aromatic ring is 1. The standard InChI is InChI=1S/C9H9N5OS/c10-14-6-1-2-11-7(5-6)8(15)13-9-12-3-4-16-9/h1-5H,10H2,(H,11,14)(H,12,13,15). The Morgan fingerprint density at radius 3 is 2.94 bits per heavy atom. The third-order valence-electron chi connectivity index (χ3n) is 1.81. The number of pyridine rings is 1. The van der Waals surface area contributed by atoms with Crippen LogP contribution >= 0.6 is 11.3 Å². The molecular formula is C9H9N5OS. The van der Waals surface area contributed by atoms with Crippen LogP contribution in [0.25, 0.3) is 0 Å². The summed E-state index contributed by atoms with van der Waals surface area (Å²) in [5.74, 6) is 4.92. The SMILES string of the molecule is NNc1ccnc(C(=O)Nc2nccs2)c1. The Kier molecular flexibility index (Phi) is 3.08. The van der Waals surface area contributed by atoms with Crippen LogP contribution in [0, 0.1) is 0 Å². The van der Waals surface area contributed by atoms with Crippen LogP contribution in [0.3, 0.4) is 0 Å². The molecule has 2 rings (SSSR count). The van der Waals surface area contributed by atoms with Crippen molar-refractivity contribution in [2.24, 2.45) is 5.84 Å². The van der Waals surface area contributed by atoms with Gasteiger partial charge in [0.2, 0.25) is 0 Å². The van der Waals surface area contributed by atoms with Crippen molar-refractivity contribution in [3.05, 3.63) is 35.6 Å². The highest BCUT2D eigenvalue weighted by Crippen LogP contribution is 2.12. The van der Waals surface area contributed by atoms with E-state index in [0.717, 1.165) is 0 Å². The van der Waals surface area contributed by atoms with Gasteiger partial charge in [0.15, 0.2) is 5.13 Å². The lowest BCUT2D eigenvalue weighted by Gasteiger charge is -2.03. The van der Waals surface area contributed by atoms with E-state index in [1.807, 2.05) is 0 Å². The maximum absolute atomic E-state index is 11.7. The van der Waals surface area contributed by atoms with Crippen LogP contribution in [-0.2, 0) is 0 Å². The molecular weight excluding hydrogens is 226 g/mol. The molecule has 0 aliphatic heterocycles. The van der Waals surface area contributed by atoms with Crippen molar-refractivity contribution in [3.8, 4) is 0 Å². The second-order valence-electron chi connectivity index (χ2n) is 2.87. The Labute approximate surface area is 95.5 Å². The van der Waals surface area contributed by atoms with Crippen molar-refractivity contribution >= 4 is 28.1 Å².